The number of rotatable bonds is 6. The Kier molecular flexibility index (Phi) is 6.33. The highest BCUT2D eigenvalue weighted by atomic mass is 16.5. The standard InChI is InChI=1S/C27H22N4O2/c1-19-7-6-8-23(15-19)29-27(32)21(17-28)16-22-18-31(24-9-4-3-5-10-24)30-26(22)20-11-13-25(33-2)14-12-20/h3-16,18H,1-2H3,(H,29,32). The molecule has 33 heavy (non-hydrogen) atoms. The number of anilines is 1. The normalized spacial score (nSPS) is 11.0. The third-order valence-corrected chi connectivity index (χ3v) is 5.07. The first-order valence-corrected chi connectivity index (χ1v) is 10.4. The molecule has 0 aliphatic heterocycles. The molecule has 3 aromatic carbocycles. The lowest BCUT2D eigenvalue weighted by Gasteiger charge is -2.05. The van der Waals surface area contributed by atoms with Crippen molar-refractivity contribution in [2.75, 3.05) is 12.4 Å². The van der Waals surface area contributed by atoms with Gasteiger partial charge in [-0.1, -0.05) is 30.3 Å². The molecule has 0 fully saturated rings. The molecule has 1 aromatic heterocycles. The fraction of sp³-hybridized carbons (Fsp3) is 0.0741. The van der Waals surface area contributed by atoms with Crippen molar-refractivity contribution >= 4 is 17.7 Å². The van der Waals surface area contributed by atoms with Gasteiger partial charge in [-0.3, -0.25) is 4.79 Å². The number of nitrogens with one attached hydrogen (secondary N) is 1. The number of hydrogen-bond donors (Lipinski definition) is 1. The van der Waals surface area contributed by atoms with Gasteiger partial charge in [0, 0.05) is 23.0 Å². The molecule has 6 nitrogen and oxygen atoms in total. The average Bonchev–Trinajstić information content (AvgIpc) is 3.27. The summed E-state index contributed by atoms with van der Waals surface area (Å²) in [5, 5.41) is 17.3. The zero-order valence-electron chi connectivity index (χ0n) is 18.3. The number of aromatic nitrogens is 2. The molecule has 4 aromatic rings. The van der Waals surface area contributed by atoms with E-state index in [2.05, 4.69) is 5.32 Å². The van der Waals surface area contributed by atoms with Crippen molar-refractivity contribution in [1.82, 2.24) is 9.78 Å². The Bertz CT molecular complexity index is 1350. The molecule has 0 unspecified atom stereocenters. The monoisotopic (exact) mass is 434 g/mol. The van der Waals surface area contributed by atoms with Gasteiger partial charge in [-0.15, -0.1) is 0 Å². The molecule has 4 rings (SSSR count). The predicted octanol–water partition coefficient (Wildman–Crippen LogP) is 5.40. The highest BCUT2D eigenvalue weighted by Gasteiger charge is 2.15. The minimum atomic E-state index is -0.476. The molecule has 162 valence electrons. The van der Waals surface area contributed by atoms with Gasteiger partial charge in [0.15, 0.2) is 0 Å². The number of carbonyl (C=O) groups excluding carboxylic acids is 1. The minimum Gasteiger partial charge on any atom is -0.497 e. The molecular weight excluding hydrogens is 412 g/mol. The molecule has 0 atom stereocenters. The number of para-hydroxylation sites is 1. The second kappa shape index (κ2) is 9.67. The number of carbonyl (C=O) groups is 1. The molecule has 0 bridgehead atoms. The van der Waals surface area contributed by atoms with E-state index in [-0.39, 0.29) is 5.57 Å². The third-order valence-electron chi connectivity index (χ3n) is 5.07. The van der Waals surface area contributed by atoms with E-state index in [1.54, 1.807) is 23.9 Å². The van der Waals surface area contributed by atoms with Crippen LogP contribution in [0.4, 0.5) is 5.69 Å². The second-order valence-electron chi connectivity index (χ2n) is 7.44. The van der Waals surface area contributed by atoms with E-state index < -0.39 is 5.91 Å². The van der Waals surface area contributed by atoms with Crippen molar-refractivity contribution in [3.05, 3.63) is 102 Å². The van der Waals surface area contributed by atoms with E-state index in [4.69, 9.17) is 9.84 Å². The van der Waals surface area contributed by atoms with Crippen LogP contribution >= 0.6 is 0 Å². The second-order valence-corrected chi connectivity index (χ2v) is 7.44. The Balaban J connectivity index is 1.75. The number of ether oxygens (including phenoxy) is 1. The Morgan fingerprint density at radius 3 is 2.48 bits per heavy atom. The molecule has 1 amide bonds. The summed E-state index contributed by atoms with van der Waals surface area (Å²) in [4.78, 5) is 12.8. The van der Waals surface area contributed by atoms with E-state index in [1.165, 1.54) is 0 Å². The Labute approximate surface area is 192 Å². The lowest BCUT2D eigenvalue weighted by molar-refractivity contribution is -0.112. The molecule has 1 N–H and O–H groups in total. The zero-order chi connectivity index (χ0) is 23.2. The van der Waals surface area contributed by atoms with Gasteiger partial charge < -0.3 is 10.1 Å². The van der Waals surface area contributed by atoms with Gasteiger partial charge in [0.1, 0.15) is 17.4 Å². The summed E-state index contributed by atoms with van der Waals surface area (Å²) in [5.74, 6) is 0.254. The van der Waals surface area contributed by atoms with Crippen molar-refractivity contribution < 1.29 is 9.53 Å². The molecule has 0 saturated heterocycles. The molecule has 1 heterocycles. The number of hydrogen-bond acceptors (Lipinski definition) is 4. The fourth-order valence-electron chi connectivity index (χ4n) is 3.40. The van der Waals surface area contributed by atoms with Crippen LogP contribution in [-0.4, -0.2) is 22.8 Å². The lowest BCUT2D eigenvalue weighted by Crippen LogP contribution is -2.13. The van der Waals surface area contributed by atoms with Crippen molar-refractivity contribution in [3.8, 4) is 28.8 Å². The van der Waals surface area contributed by atoms with Gasteiger partial charge in [-0.2, -0.15) is 10.4 Å². The highest BCUT2D eigenvalue weighted by molar-refractivity contribution is 6.10. The van der Waals surface area contributed by atoms with Crippen molar-refractivity contribution in [3.63, 3.8) is 0 Å². The molecule has 0 spiro atoms. The maximum atomic E-state index is 12.8. The largest absolute Gasteiger partial charge is 0.497 e. The summed E-state index contributed by atoms with van der Waals surface area (Å²) in [6.45, 7) is 1.94. The molecule has 0 aliphatic rings. The highest BCUT2D eigenvalue weighted by Crippen LogP contribution is 2.27. The van der Waals surface area contributed by atoms with Crippen LogP contribution in [0.25, 0.3) is 23.0 Å². The topological polar surface area (TPSA) is 79.9 Å². The molecule has 0 radical (unpaired) electrons. The SMILES string of the molecule is COc1ccc(-c2nn(-c3ccccc3)cc2C=C(C#N)C(=O)Nc2cccc(C)c2)cc1. The lowest BCUT2D eigenvalue weighted by atomic mass is 10.1. The Hall–Kier alpha value is -4.63. The van der Waals surface area contributed by atoms with Crippen LogP contribution < -0.4 is 10.1 Å². The van der Waals surface area contributed by atoms with E-state index in [1.807, 2.05) is 92.0 Å². The number of aryl methyl sites for hydroxylation is 1. The molecule has 0 aliphatic carbocycles. The number of amides is 1. The maximum Gasteiger partial charge on any atom is 0.266 e. The van der Waals surface area contributed by atoms with Crippen LogP contribution in [0.15, 0.2) is 90.6 Å². The van der Waals surface area contributed by atoms with E-state index >= 15 is 0 Å². The summed E-state index contributed by atoms with van der Waals surface area (Å²) in [6.07, 6.45) is 3.38. The summed E-state index contributed by atoms with van der Waals surface area (Å²) in [6, 6.07) is 26.6. The van der Waals surface area contributed by atoms with Gasteiger partial charge >= 0.3 is 0 Å². The molecule has 6 heteroatoms. The van der Waals surface area contributed by atoms with Crippen LogP contribution in [-0.2, 0) is 4.79 Å². The van der Waals surface area contributed by atoms with Gasteiger partial charge in [0.25, 0.3) is 5.91 Å². The van der Waals surface area contributed by atoms with E-state index in [9.17, 15) is 10.1 Å². The van der Waals surface area contributed by atoms with Crippen molar-refractivity contribution in [2.45, 2.75) is 6.92 Å². The van der Waals surface area contributed by atoms with Crippen LogP contribution in [0.3, 0.4) is 0 Å². The molecule has 0 saturated carbocycles. The average molecular weight is 434 g/mol. The maximum absolute atomic E-state index is 12.8. The predicted molar refractivity (Wildman–Crippen MR) is 129 cm³/mol. The Morgan fingerprint density at radius 1 is 1.06 bits per heavy atom. The third kappa shape index (κ3) is 5.00. The zero-order valence-corrected chi connectivity index (χ0v) is 18.3. The summed E-state index contributed by atoms with van der Waals surface area (Å²) in [5.41, 5.74) is 4.65. The van der Waals surface area contributed by atoms with Crippen LogP contribution in [0.5, 0.6) is 5.75 Å². The summed E-state index contributed by atoms with van der Waals surface area (Å²) < 4.78 is 6.99. The van der Waals surface area contributed by atoms with Gasteiger partial charge in [0.05, 0.1) is 18.5 Å². The van der Waals surface area contributed by atoms with Crippen molar-refractivity contribution in [1.29, 1.82) is 5.26 Å². The minimum absolute atomic E-state index is 0.0149. The smallest absolute Gasteiger partial charge is 0.266 e. The summed E-state index contributed by atoms with van der Waals surface area (Å²) in [7, 11) is 1.61. The van der Waals surface area contributed by atoms with Gasteiger partial charge in [-0.05, 0) is 67.1 Å². The van der Waals surface area contributed by atoms with Crippen LogP contribution in [0.1, 0.15) is 11.1 Å². The number of benzene rings is 3. The number of nitriles is 1. The van der Waals surface area contributed by atoms with Crippen LogP contribution in [0, 0.1) is 18.3 Å². The first kappa shape index (κ1) is 21.6. The van der Waals surface area contributed by atoms with E-state index in [0.29, 0.717) is 16.9 Å². The fourth-order valence-corrected chi connectivity index (χ4v) is 3.40. The van der Waals surface area contributed by atoms with Crippen LogP contribution in [0.2, 0.25) is 0 Å². The number of methoxy groups -OCH3 is 1. The first-order chi connectivity index (χ1) is 16.1. The number of nitrogens with zero attached hydrogens (tertiary/aromatic N) is 3. The quantitative estimate of drug-likeness (QED) is 0.325. The van der Waals surface area contributed by atoms with Gasteiger partial charge in [-0.25, -0.2) is 4.68 Å². The Morgan fingerprint density at radius 2 is 1.82 bits per heavy atom. The molecular formula is C27H22N4O2. The van der Waals surface area contributed by atoms with E-state index in [0.717, 1.165) is 22.6 Å². The first-order valence-electron chi connectivity index (χ1n) is 10.4. The summed E-state index contributed by atoms with van der Waals surface area (Å²) >= 11 is 0. The van der Waals surface area contributed by atoms with Crippen molar-refractivity contribution in [2.24, 2.45) is 0 Å². The van der Waals surface area contributed by atoms with Gasteiger partial charge in [0.2, 0.25) is 0 Å².